The number of rotatable bonds is 5. The van der Waals surface area contributed by atoms with Crippen molar-refractivity contribution in [3.05, 3.63) is 36.0 Å². The van der Waals surface area contributed by atoms with E-state index in [9.17, 15) is 0 Å². The number of hydrogen-bond acceptors (Lipinski definition) is 6. The van der Waals surface area contributed by atoms with Crippen LogP contribution >= 0.6 is 11.8 Å². The average molecular weight is 301 g/mol. The van der Waals surface area contributed by atoms with Gasteiger partial charge in [-0.2, -0.15) is 0 Å². The summed E-state index contributed by atoms with van der Waals surface area (Å²) in [5.74, 6) is 2.21. The first-order valence-corrected chi connectivity index (χ1v) is 7.95. The molecule has 0 atom stereocenters. The van der Waals surface area contributed by atoms with E-state index in [0.717, 1.165) is 22.1 Å². The average Bonchev–Trinajstić information content (AvgIpc) is 3.13. The Kier molecular flexibility index (Phi) is 3.16. The zero-order chi connectivity index (χ0) is 14.2. The van der Waals surface area contributed by atoms with Crippen LogP contribution in [0, 0.1) is 0 Å². The summed E-state index contributed by atoms with van der Waals surface area (Å²) in [7, 11) is 0. The molecule has 6 nitrogen and oxygen atoms in total. The van der Waals surface area contributed by atoms with Crippen molar-refractivity contribution >= 4 is 22.9 Å². The smallest absolute Gasteiger partial charge is 0.205 e. The molecule has 1 fully saturated rings. The number of aromatic nitrogens is 4. The third kappa shape index (κ3) is 2.43. The number of fused-ring (bicyclic) bond motifs is 1. The summed E-state index contributed by atoms with van der Waals surface area (Å²) in [5, 5.41) is 9.31. The van der Waals surface area contributed by atoms with Crippen molar-refractivity contribution in [3.63, 3.8) is 0 Å². The lowest BCUT2D eigenvalue weighted by atomic mass is 10.3. The minimum Gasteiger partial charge on any atom is -0.440 e. The highest BCUT2D eigenvalue weighted by molar-refractivity contribution is 7.98. The van der Waals surface area contributed by atoms with Gasteiger partial charge in [-0.15, -0.1) is 10.2 Å². The Bertz CT molecular complexity index is 744. The van der Waals surface area contributed by atoms with Gasteiger partial charge in [0, 0.05) is 6.04 Å². The summed E-state index contributed by atoms with van der Waals surface area (Å²) in [4.78, 5) is 4.48. The topological polar surface area (TPSA) is 82.8 Å². The number of nitrogens with two attached hydrogens (primary N) is 1. The molecule has 1 aliphatic carbocycles. The van der Waals surface area contributed by atoms with Crippen LogP contribution in [0.4, 0.5) is 0 Å². The maximum absolute atomic E-state index is 5.72. The van der Waals surface area contributed by atoms with Crippen molar-refractivity contribution in [1.82, 2.24) is 19.7 Å². The molecule has 0 aliphatic heterocycles. The van der Waals surface area contributed by atoms with E-state index in [1.165, 1.54) is 12.8 Å². The van der Waals surface area contributed by atoms with E-state index < -0.39 is 0 Å². The Labute approximate surface area is 125 Å². The third-order valence-corrected chi connectivity index (χ3v) is 4.42. The molecule has 3 aromatic rings. The molecule has 4 rings (SSSR count). The zero-order valence-corrected chi connectivity index (χ0v) is 12.2. The molecule has 0 spiro atoms. The number of thioether (sulfide) groups is 1. The van der Waals surface area contributed by atoms with Crippen molar-refractivity contribution in [2.45, 2.75) is 36.3 Å². The first kappa shape index (κ1) is 12.8. The third-order valence-electron chi connectivity index (χ3n) is 3.49. The minimum absolute atomic E-state index is 0.424. The van der Waals surface area contributed by atoms with E-state index in [0.29, 0.717) is 24.2 Å². The summed E-state index contributed by atoms with van der Waals surface area (Å²) < 4.78 is 7.88. The first-order chi connectivity index (χ1) is 10.3. The number of nitrogens with zero attached hydrogens (tertiary/aromatic N) is 4. The van der Waals surface area contributed by atoms with Crippen molar-refractivity contribution in [2.75, 3.05) is 0 Å². The molecule has 21 heavy (non-hydrogen) atoms. The van der Waals surface area contributed by atoms with Crippen LogP contribution in [0.5, 0.6) is 0 Å². The zero-order valence-electron chi connectivity index (χ0n) is 11.4. The Morgan fingerprint density at radius 3 is 2.90 bits per heavy atom. The van der Waals surface area contributed by atoms with Crippen molar-refractivity contribution in [2.24, 2.45) is 5.73 Å². The van der Waals surface area contributed by atoms with Gasteiger partial charge < -0.3 is 14.7 Å². The Morgan fingerprint density at radius 1 is 1.29 bits per heavy atom. The van der Waals surface area contributed by atoms with Crippen molar-refractivity contribution < 1.29 is 4.42 Å². The predicted molar refractivity (Wildman–Crippen MR) is 79.8 cm³/mol. The standard InChI is InChI=1S/C14H15N5OS/c15-7-12-17-18-14(19(12)9-5-6-9)21-8-13-16-10-3-1-2-4-11(10)20-13/h1-4,9H,5-8,15H2. The second-order valence-electron chi connectivity index (χ2n) is 5.07. The number of oxazole rings is 1. The molecule has 0 bridgehead atoms. The van der Waals surface area contributed by atoms with Gasteiger partial charge in [-0.05, 0) is 25.0 Å². The van der Waals surface area contributed by atoms with Crippen LogP contribution in [0.2, 0.25) is 0 Å². The van der Waals surface area contributed by atoms with Gasteiger partial charge in [-0.3, -0.25) is 0 Å². The van der Waals surface area contributed by atoms with Crippen LogP contribution in [0.1, 0.15) is 30.6 Å². The summed E-state index contributed by atoms with van der Waals surface area (Å²) in [6, 6.07) is 8.30. The lowest BCUT2D eigenvalue weighted by Crippen LogP contribution is -2.08. The van der Waals surface area contributed by atoms with Crippen LogP contribution in [0.3, 0.4) is 0 Å². The Hall–Kier alpha value is -1.86. The SMILES string of the molecule is NCc1nnc(SCc2nc3ccccc3o2)n1C1CC1. The molecule has 7 heteroatoms. The van der Waals surface area contributed by atoms with Gasteiger partial charge in [0.2, 0.25) is 5.89 Å². The number of benzene rings is 1. The molecule has 1 saturated carbocycles. The van der Waals surface area contributed by atoms with Gasteiger partial charge >= 0.3 is 0 Å². The molecular formula is C14H15N5OS. The van der Waals surface area contributed by atoms with Crippen LogP contribution < -0.4 is 5.73 Å². The predicted octanol–water partition coefficient (Wildman–Crippen LogP) is 2.51. The summed E-state index contributed by atoms with van der Waals surface area (Å²) in [5.41, 5.74) is 7.43. The number of hydrogen-bond donors (Lipinski definition) is 1. The maximum Gasteiger partial charge on any atom is 0.205 e. The highest BCUT2D eigenvalue weighted by Gasteiger charge is 2.29. The number of para-hydroxylation sites is 2. The van der Waals surface area contributed by atoms with Crippen LogP contribution in [0.25, 0.3) is 11.1 Å². The van der Waals surface area contributed by atoms with E-state index in [2.05, 4.69) is 19.7 Å². The molecule has 1 aromatic carbocycles. The van der Waals surface area contributed by atoms with Gasteiger partial charge in [-0.25, -0.2) is 4.98 Å². The minimum atomic E-state index is 0.424. The molecular weight excluding hydrogens is 286 g/mol. The highest BCUT2D eigenvalue weighted by atomic mass is 32.2. The fourth-order valence-corrected chi connectivity index (χ4v) is 3.22. The van der Waals surface area contributed by atoms with E-state index in [-0.39, 0.29) is 0 Å². The molecule has 2 N–H and O–H groups in total. The largest absolute Gasteiger partial charge is 0.440 e. The van der Waals surface area contributed by atoms with Gasteiger partial charge in [0.1, 0.15) is 11.3 Å². The second-order valence-corrected chi connectivity index (χ2v) is 6.01. The quantitative estimate of drug-likeness (QED) is 0.729. The molecule has 108 valence electrons. The molecule has 2 aromatic heterocycles. The van der Waals surface area contributed by atoms with Crippen LogP contribution in [-0.4, -0.2) is 19.7 Å². The van der Waals surface area contributed by atoms with Gasteiger partial charge in [-0.1, -0.05) is 23.9 Å². The lowest BCUT2D eigenvalue weighted by molar-refractivity contribution is 0.555. The van der Waals surface area contributed by atoms with Crippen LogP contribution in [0.15, 0.2) is 33.8 Å². The van der Waals surface area contributed by atoms with E-state index >= 15 is 0 Å². The normalized spacial score (nSPS) is 14.9. The van der Waals surface area contributed by atoms with Gasteiger partial charge in [0.25, 0.3) is 0 Å². The van der Waals surface area contributed by atoms with E-state index in [1.54, 1.807) is 11.8 Å². The van der Waals surface area contributed by atoms with Crippen LogP contribution in [-0.2, 0) is 12.3 Å². The Morgan fingerprint density at radius 2 is 2.14 bits per heavy atom. The molecule has 2 heterocycles. The van der Waals surface area contributed by atoms with Gasteiger partial charge in [0.05, 0.1) is 12.3 Å². The van der Waals surface area contributed by atoms with Gasteiger partial charge in [0.15, 0.2) is 10.7 Å². The monoisotopic (exact) mass is 301 g/mol. The van der Waals surface area contributed by atoms with E-state index in [4.69, 9.17) is 10.2 Å². The summed E-state index contributed by atoms with van der Waals surface area (Å²) >= 11 is 1.60. The first-order valence-electron chi connectivity index (χ1n) is 6.96. The lowest BCUT2D eigenvalue weighted by Gasteiger charge is -2.06. The summed E-state index contributed by atoms with van der Waals surface area (Å²) in [6.07, 6.45) is 2.36. The molecule has 0 unspecified atom stereocenters. The highest BCUT2D eigenvalue weighted by Crippen LogP contribution is 2.39. The molecule has 0 radical (unpaired) electrons. The fourth-order valence-electron chi connectivity index (χ4n) is 2.35. The molecule has 1 aliphatic rings. The van der Waals surface area contributed by atoms with E-state index in [1.807, 2.05) is 24.3 Å². The van der Waals surface area contributed by atoms with Crippen molar-refractivity contribution in [3.8, 4) is 0 Å². The second kappa shape index (κ2) is 5.16. The fraction of sp³-hybridized carbons (Fsp3) is 0.357. The maximum atomic E-state index is 5.72. The molecule has 0 amide bonds. The summed E-state index contributed by atoms with van der Waals surface area (Å²) in [6.45, 7) is 0.424. The molecule has 0 saturated heterocycles. The van der Waals surface area contributed by atoms with Crippen molar-refractivity contribution in [1.29, 1.82) is 0 Å². The Balaban J connectivity index is 1.55.